The maximum absolute atomic E-state index is 10.8. The first kappa shape index (κ1) is 22.3. The second kappa shape index (κ2) is 9.70. The van der Waals surface area contributed by atoms with Gasteiger partial charge in [0.15, 0.2) is 23.1 Å². The molecule has 10 heteroatoms. The molecular formula is C23H22N4O5S. The summed E-state index contributed by atoms with van der Waals surface area (Å²) in [6.45, 7) is 2.62. The molecule has 9 nitrogen and oxygen atoms in total. The van der Waals surface area contributed by atoms with Gasteiger partial charge in [-0.25, -0.2) is 9.97 Å². The van der Waals surface area contributed by atoms with E-state index in [1.165, 1.54) is 31.9 Å². The number of hydrogen-bond donors (Lipinski definition) is 2. The molecule has 4 aromatic rings. The van der Waals surface area contributed by atoms with Crippen LogP contribution < -0.4 is 14.2 Å². The minimum absolute atomic E-state index is 0.0500. The Bertz CT molecular complexity index is 1300. The van der Waals surface area contributed by atoms with Crippen LogP contribution in [0.25, 0.3) is 20.7 Å². The highest BCUT2D eigenvalue weighted by Gasteiger charge is 2.20. The molecule has 0 amide bonds. The number of para-hydroxylation sites is 1. The van der Waals surface area contributed by atoms with Crippen LogP contribution in [0.5, 0.6) is 28.7 Å². The number of nitrogens with zero attached hydrogens (tertiary/aromatic N) is 4. The van der Waals surface area contributed by atoms with Gasteiger partial charge in [-0.05, 0) is 36.8 Å². The summed E-state index contributed by atoms with van der Waals surface area (Å²) in [5, 5.41) is 29.4. The van der Waals surface area contributed by atoms with Crippen LogP contribution in [0.1, 0.15) is 12.5 Å². The topological polar surface area (TPSA) is 119 Å². The molecule has 0 saturated heterocycles. The van der Waals surface area contributed by atoms with Crippen molar-refractivity contribution >= 4 is 27.4 Å². The highest BCUT2D eigenvalue weighted by molar-refractivity contribution is 7.23. The molecule has 0 bridgehead atoms. The Morgan fingerprint density at radius 2 is 1.70 bits per heavy atom. The lowest BCUT2D eigenvalue weighted by molar-refractivity contribution is 0.339. The Morgan fingerprint density at radius 1 is 0.970 bits per heavy atom. The Hall–Kier alpha value is -3.92. The van der Waals surface area contributed by atoms with Crippen molar-refractivity contribution in [1.29, 1.82) is 0 Å². The molecule has 170 valence electrons. The van der Waals surface area contributed by atoms with Gasteiger partial charge in [-0.15, -0.1) is 16.5 Å². The fraction of sp³-hybridized carbons (Fsp3) is 0.217. The molecule has 0 saturated carbocycles. The maximum Gasteiger partial charge on any atom is 0.200 e. The van der Waals surface area contributed by atoms with E-state index in [1.54, 1.807) is 12.1 Å². The van der Waals surface area contributed by atoms with Crippen LogP contribution in [0, 0.1) is 0 Å². The van der Waals surface area contributed by atoms with Gasteiger partial charge in [-0.1, -0.05) is 12.1 Å². The maximum atomic E-state index is 10.8. The van der Waals surface area contributed by atoms with E-state index >= 15 is 0 Å². The van der Waals surface area contributed by atoms with Crippen LogP contribution in [-0.4, -0.2) is 41.0 Å². The number of phenolic OH excluding ortho intramolecular Hbond substituents is 1. The van der Waals surface area contributed by atoms with Gasteiger partial charge < -0.3 is 24.4 Å². The minimum Gasteiger partial charge on any atom is -0.504 e. The molecule has 0 spiro atoms. The molecule has 2 heterocycles. The molecule has 0 unspecified atom stereocenters. The van der Waals surface area contributed by atoms with Crippen LogP contribution in [0.2, 0.25) is 0 Å². The van der Waals surface area contributed by atoms with Crippen molar-refractivity contribution in [2.45, 2.75) is 13.5 Å². The molecule has 0 aliphatic carbocycles. The zero-order valence-electron chi connectivity index (χ0n) is 18.3. The molecule has 0 aliphatic heterocycles. The molecule has 2 N–H and O–H groups in total. The van der Waals surface area contributed by atoms with Gasteiger partial charge in [0.2, 0.25) is 5.75 Å². The number of phenols is 1. The normalized spacial score (nSPS) is 11.2. The van der Waals surface area contributed by atoms with Gasteiger partial charge in [0.05, 0.1) is 32.2 Å². The van der Waals surface area contributed by atoms with Gasteiger partial charge in [-0.3, -0.25) is 0 Å². The van der Waals surface area contributed by atoms with Crippen molar-refractivity contribution in [1.82, 2.24) is 9.97 Å². The summed E-state index contributed by atoms with van der Waals surface area (Å²) in [5.41, 5.74) is 1.90. The predicted molar refractivity (Wildman–Crippen MR) is 125 cm³/mol. The largest absolute Gasteiger partial charge is 0.504 e. The van der Waals surface area contributed by atoms with Crippen LogP contribution >= 0.6 is 11.3 Å². The van der Waals surface area contributed by atoms with E-state index in [1.807, 2.05) is 31.2 Å². The lowest BCUT2D eigenvalue weighted by atomic mass is 10.1. The van der Waals surface area contributed by atoms with Crippen molar-refractivity contribution < 1.29 is 24.4 Å². The van der Waals surface area contributed by atoms with E-state index < -0.39 is 0 Å². The van der Waals surface area contributed by atoms with Gasteiger partial charge in [0, 0.05) is 5.56 Å². The molecule has 0 atom stereocenters. The number of azo groups is 1. The summed E-state index contributed by atoms with van der Waals surface area (Å²) < 4.78 is 16.7. The van der Waals surface area contributed by atoms with E-state index in [-0.39, 0.29) is 29.5 Å². The fourth-order valence-electron chi connectivity index (χ4n) is 3.30. The minimum atomic E-state index is -0.0767. The molecule has 0 aliphatic rings. The summed E-state index contributed by atoms with van der Waals surface area (Å²) >= 11 is 1.32. The van der Waals surface area contributed by atoms with Crippen molar-refractivity contribution in [3.63, 3.8) is 0 Å². The summed E-state index contributed by atoms with van der Waals surface area (Å²) in [7, 11) is 2.92. The molecule has 0 fully saturated rings. The Balaban J connectivity index is 1.68. The number of rotatable bonds is 8. The fourth-order valence-corrected chi connectivity index (χ4v) is 4.40. The van der Waals surface area contributed by atoms with Crippen molar-refractivity contribution in [2.75, 3.05) is 20.8 Å². The first-order valence-electron chi connectivity index (χ1n) is 10.1. The third kappa shape index (κ3) is 4.37. The molecule has 0 radical (unpaired) electrons. The van der Waals surface area contributed by atoms with Crippen molar-refractivity contribution in [2.24, 2.45) is 10.2 Å². The number of methoxy groups -OCH3 is 2. The van der Waals surface area contributed by atoms with Crippen LogP contribution in [0.3, 0.4) is 0 Å². The second-order valence-electron chi connectivity index (χ2n) is 6.83. The lowest BCUT2D eigenvalue weighted by Crippen LogP contribution is -1.92. The van der Waals surface area contributed by atoms with Gasteiger partial charge >= 0.3 is 0 Å². The van der Waals surface area contributed by atoms with Crippen LogP contribution in [0.4, 0.5) is 5.82 Å². The van der Waals surface area contributed by atoms with E-state index in [4.69, 9.17) is 14.2 Å². The first-order valence-corrected chi connectivity index (χ1v) is 10.9. The zero-order valence-corrected chi connectivity index (χ0v) is 19.1. The smallest absolute Gasteiger partial charge is 0.200 e. The number of hydrogen-bond acceptors (Lipinski definition) is 10. The first-order chi connectivity index (χ1) is 16.1. The van der Waals surface area contributed by atoms with Gasteiger partial charge in [0.25, 0.3) is 0 Å². The highest BCUT2D eigenvalue weighted by Crippen LogP contribution is 2.47. The summed E-state index contributed by atoms with van der Waals surface area (Å²) in [6.07, 6.45) is 1.34. The number of benzene rings is 2. The third-order valence-electron chi connectivity index (χ3n) is 4.82. The van der Waals surface area contributed by atoms with E-state index in [0.29, 0.717) is 33.3 Å². The monoisotopic (exact) mass is 466 g/mol. The summed E-state index contributed by atoms with van der Waals surface area (Å²) in [5.74, 6) is 1.56. The number of aromatic nitrogens is 2. The standard InChI is InChI=1S/C23H22N4O5S/c1-4-32-15-8-6-5-7-14(15)21-20(29)18-22(33-21)23(25-12-24-18)27-26-11-13-9-16(30-2)19(28)17(10-13)31-3/h5-10,12,28-29H,4,11H2,1-3H3. The molecule has 2 aromatic heterocycles. The second-order valence-corrected chi connectivity index (χ2v) is 7.85. The van der Waals surface area contributed by atoms with E-state index in [0.717, 1.165) is 11.1 Å². The molecule has 33 heavy (non-hydrogen) atoms. The van der Waals surface area contributed by atoms with Crippen LogP contribution in [-0.2, 0) is 6.54 Å². The Morgan fingerprint density at radius 3 is 2.39 bits per heavy atom. The van der Waals surface area contributed by atoms with E-state index in [2.05, 4.69) is 20.2 Å². The quantitative estimate of drug-likeness (QED) is 0.331. The SMILES string of the molecule is CCOc1ccccc1-c1sc2c(N=NCc3cc(OC)c(O)c(OC)c3)ncnc2c1O. The number of thiophene rings is 1. The number of aromatic hydroxyl groups is 2. The average Bonchev–Trinajstić information content (AvgIpc) is 3.17. The summed E-state index contributed by atoms with van der Waals surface area (Å²) in [6, 6.07) is 10.8. The van der Waals surface area contributed by atoms with Gasteiger partial charge in [-0.2, -0.15) is 5.11 Å². The highest BCUT2D eigenvalue weighted by atomic mass is 32.1. The van der Waals surface area contributed by atoms with Crippen LogP contribution in [0.15, 0.2) is 53.0 Å². The van der Waals surface area contributed by atoms with Crippen molar-refractivity contribution in [3.8, 4) is 39.2 Å². The molecule has 2 aromatic carbocycles. The number of ether oxygens (including phenoxy) is 3. The predicted octanol–water partition coefficient (Wildman–Crippen LogP) is 5.47. The summed E-state index contributed by atoms with van der Waals surface area (Å²) in [4.78, 5) is 9.09. The third-order valence-corrected chi connectivity index (χ3v) is 6.02. The van der Waals surface area contributed by atoms with Gasteiger partial charge in [0.1, 0.15) is 22.3 Å². The molecular weight excluding hydrogens is 444 g/mol. The average molecular weight is 467 g/mol. The number of fused-ring (bicyclic) bond motifs is 1. The van der Waals surface area contributed by atoms with E-state index in [9.17, 15) is 10.2 Å². The van der Waals surface area contributed by atoms with Crippen molar-refractivity contribution in [3.05, 3.63) is 48.3 Å². The zero-order chi connectivity index (χ0) is 23.4. The molecule has 4 rings (SSSR count). The lowest BCUT2D eigenvalue weighted by Gasteiger charge is -2.09. The Labute approximate surface area is 194 Å². The Kier molecular flexibility index (Phi) is 6.55.